The fourth-order valence-corrected chi connectivity index (χ4v) is 3.31. The second kappa shape index (κ2) is 11.1. The summed E-state index contributed by atoms with van der Waals surface area (Å²) in [6.07, 6.45) is 8.29. The molecular formula is C21H20N6O2S. The lowest BCUT2D eigenvalue weighted by molar-refractivity contribution is -0.116. The molecule has 2 heterocycles. The van der Waals surface area contributed by atoms with Crippen LogP contribution in [0.1, 0.15) is 13.8 Å². The normalized spacial score (nSPS) is 9.33. The summed E-state index contributed by atoms with van der Waals surface area (Å²) in [6, 6.07) is 5.40. The van der Waals surface area contributed by atoms with Gasteiger partial charge < -0.3 is 16.0 Å². The molecule has 9 heteroatoms. The molecule has 0 aliphatic carbocycles. The molecule has 2 rings (SSSR count). The number of carbonyl (C=O) groups is 1. The van der Waals surface area contributed by atoms with E-state index in [1.807, 2.05) is 13.0 Å². The number of hydrogen-bond acceptors (Lipinski definition) is 7. The van der Waals surface area contributed by atoms with Gasteiger partial charge in [-0.25, -0.2) is 4.98 Å². The monoisotopic (exact) mass is 420 g/mol. The predicted octanol–water partition coefficient (Wildman–Crippen LogP) is 0.340. The smallest absolute Gasteiger partial charge is 0.277 e. The lowest BCUT2D eigenvalue weighted by Gasteiger charge is -2.04. The van der Waals surface area contributed by atoms with Gasteiger partial charge in [0.25, 0.3) is 11.5 Å². The van der Waals surface area contributed by atoms with Gasteiger partial charge in [0.05, 0.1) is 6.54 Å². The third-order valence-electron chi connectivity index (χ3n) is 3.68. The average Bonchev–Trinajstić information content (AvgIpc) is 3.05. The molecule has 2 aromatic heterocycles. The molecular weight excluding hydrogens is 400 g/mol. The van der Waals surface area contributed by atoms with Crippen LogP contribution < -0.4 is 30.7 Å². The SMILES string of the molecule is C#CCNC(=O)C(=C=c1sc(=C=CNc2ccnc(NCC)c2)c(=O)n1CC)C#N. The van der Waals surface area contributed by atoms with Crippen molar-refractivity contribution in [1.82, 2.24) is 14.9 Å². The molecule has 8 nitrogen and oxygen atoms in total. The number of nitrogens with one attached hydrogen (secondary N) is 3. The van der Waals surface area contributed by atoms with Crippen molar-refractivity contribution in [3.63, 3.8) is 0 Å². The minimum atomic E-state index is -0.643. The van der Waals surface area contributed by atoms with Crippen LogP contribution in [0, 0.1) is 23.7 Å². The fourth-order valence-electron chi connectivity index (χ4n) is 2.33. The first kappa shape index (κ1) is 22.3. The van der Waals surface area contributed by atoms with E-state index in [0.29, 0.717) is 15.7 Å². The van der Waals surface area contributed by atoms with Gasteiger partial charge in [0.1, 0.15) is 21.1 Å². The molecule has 1 amide bonds. The maximum atomic E-state index is 12.6. The maximum absolute atomic E-state index is 12.6. The van der Waals surface area contributed by atoms with Crippen LogP contribution in [-0.4, -0.2) is 28.5 Å². The topological polar surface area (TPSA) is 112 Å². The van der Waals surface area contributed by atoms with E-state index < -0.39 is 5.91 Å². The third-order valence-corrected chi connectivity index (χ3v) is 4.69. The van der Waals surface area contributed by atoms with Crippen LogP contribution in [0.4, 0.5) is 11.5 Å². The fraction of sp³-hybridized carbons (Fsp3) is 0.238. The van der Waals surface area contributed by atoms with Gasteiger partial charge in [-0.05, 0) is 19.9 Å². The van der Waals surface area contributed by atoms with Crippen molar-refractivity contribution in [2.45, 2.75) is 20.4 Å². The van der Waals surface area contributed by atoms with E-state index in [-0.39, 0.29) is 17.7 Å². The number of thiazole rings is 1. The molecule has 0 aliphatic rings. The van der Waals surface area contributed by atoms with E-state index >= 15 is 0 Å². The zero-order chi connectivity index (χ0) is 21.9. The highest BCUT2D eigenvalue weighted by atomic mass is 32.1. The minimum Gasteiger partial charge on any atom is -0.370 e. The zero-order valence-electron chi connectivity index (χ0n) is 16.6. The van der Waals surface area contributed by atoms with Crippen molar-refractivity contribution in [3.05, 3.63) is 49.7 Å². The van der Waals surface area contributed by atoms with Gasteiger partial charge in [-0.1, -0.05) is 28.7 Å². The zero-order valence-corrected chi connectivity index (χ0v) is 17.4. The molecule has 0 atom stereocenters. The average molecular weight is 420 g/mol. The molecule has 0 aromatic carbocycles. The number of amides is 1. The van der Waals surface area contributed by atoms with Crippen LogP contribution in [0.25, 0.3) is 11.5 Å². The number of carbonyl (C=O) groups excluding carboxylic acids is 1. The summed E-state index contributed by atoms with van der Waals surface area (Å²) in [6.45, 7) is 4.87. The van der Waals surface area contributed by atoms with E-state index in [1.54, 1.807) is 25.3 Å². The first-order valence-electron chi connectivity index (χ1n) is 9.08. The largest absolute Gasteiger partial charge is 0.370 e. The van der Waals surface area contributed by atoms with Gasteiger partial charge in [0.15, 0.2) is 5.57 Å². The Kier molecular flexibility index (Phi) is 8.26. The van der Waals surface area contributed by atoms with Crippen LogP contribution in [0.5, 0.6) is 0 Å². The van der Waals surface area contributed by atoms with Gasteiger partial charge in [-0.2, -0.15) is 5.26 Å². The maximum Gasteiger partial charge on any atom is 0.277 e. The highest BCUT2D eigenvalue weighted by Crippen LogP contribution is 2.11. The summed E-state index contributed by atoms with van der Waals surface area (Å²) >= 11 is 1.08. The molecule has 0 spiro atoms. The number of aromatic nitrogens is 2. The van der Waals surface area contributed by atoms with Gasteiger partial charge >= 0.3 is 0 Å². The molecule has 2 aromatic rings. The second-order valence-corrected chi connectivity index (χ2v) is 6.68. The lowest BCUT2D eigenvalue weighted by atomic mass is 10.3. The summed E-state index contributed by atoms with van der Waals surface area (Å²) in [5.41, 5.74) is 5.87. The van der Waals surface area contributed by atoms with Crippen molar-refractivity contribution >= 4 is 40.2 Å². The van der Waals surface area contributed by atoms with Crippen LogP contribution in [0.3, 0.4) is 0 Å². The van der Waals surface area contributed by atoms with Gasteiger partial charge in [-0.3, -0.25) is 14.2 Å². The standard InChI is InChI=1S/C21H20N6O2S/c1-4-9-26-20(28)15(14-22)12-19-27(6-3)21(29)17(30-19)8-11-24-16-7-10-25-18(13-16)23-5-2/h1,7,10-11,13H,5-6,9H2,2-3H3,(H,26,28)(H2,23,24,25). The summed E-state index contributed by atoms with van der Waals surface area (Å²) in [4.78, 5) is 28.8. The van der Waals surface area contributed by atoms with Crippen molar-refractivity contribution in [2.24, 2.45) is 0 Å². The first-order valence-corrected chi connectivity index (χ1v) is 9.89. The van der Waals surface area contributed by atoms with E-state index in [2.05, 4.69) is 38.3 Å². The lowest BCUT2D eigenvalue weighted by Crippen LogP contribution is -2.30. The number of hydrogen-bond donors (Lipinski definition) is 3. The minimum absolute atomic E-state index is 0.00531. The molecule has 0 radical (unpaired) electrons. The van der Waals surface area contributed by atoms with E-state index in [0.717, 1.165) is 29.4 Å². The van der Waals surface area contributed by atoms with Gasteiger partial charge in [-0.15, -0.1) is 6.42 Å². The Balaban J connectivity index is 2.49. The summed E-state index contributed by atoms with van der Waals surface area (Å²) in [7, 11) is 0. The molecule has 30 heavy (non-hydrogen) atoms. The number of pyridine rings is 1. The Morgan fingerprint density at radius 1 is 1.43 bits per heavy atom. The summed E-state index contributed by atoms with van der Waals surface area (Å²) < 4.78 is 2.08. The number of terminal acetylenes is 1. The van der Waals surface area contributed by atoms with Gasteiger partial charge in [0.2, 0.25) is 0 Å². The molecule has 0 aliphatic heterocycles. The van der Waals surface area contributed by atoms with Crippen molar-refractivity contribution in [1.29, 1.82) is 5.26 Å². The molecule has 152 valence electrons. The number of nitrogens with zero attached hydrogens (tertiary/aromatic N) is 3. The van der Waals surface area contributed by atoms with Crippen LogP contribution >= 0.6 is 11.3 Å². The predicted molar refractivity (Wildman–Crippen MR) is 118 cm³/mol. The molecule has 0 saturated carbocycles. The molecule has 0 bridgehead atoms. The quantitative estimate of drug-likeness (QED) is 0.338. The molecule has 0 unspecified atom stereocenters. The molecule has 0 saturated heterocycles. The first-order chi connectivity index (χ1) is 14.5. The second-order valence-electron chi connectivity index (χ2n) is 5.68. The molecule has 0 fully saturated rings. The van der Waals surface area contributed by atoms with E-state index in [1.165, 1.54) is 10.8 Å². The Bertz CT molecular complexity index is 1260. The van der Waals surface area contributed by atoms with Crippen LogP contribution in [0.2, 0.25) is 0 Å². The third kappa shape index (κ3) is 5.75. The van der Waals surface area contributed by atoms with Crippen LogP contribution in [0.15, 0.2) is 34.9 Å². The highest BCUT2D eigenvalue weighted by molar-refractivity contribution is 7.07. The Hall–Kier alpha value is -4.00. The summed E-state index contributed by atoms with van der Waals surface area (Å²) in [5, 5.41) is 17.8. The van der Waals surface area contributed by atoms with Gasteiger partial charge in [0, 0.05) is 37.2 Å². The van der Waals surface area contributed by atoms with Crippen molar-refractivity contribution < 1.29 is 4.79 Å². The number of nitriles is 1. The van der Waals surface area contributed by atoms with E-state index in [4.69, 9.17) is 6.42 Å². The van der Waals surface area contributed by atoms with Crippen molar-refractivity contribution in [3.8, 4) is 18.4 Å². The van der Waals surface area contributed by atoms with E-state index in [9.17, 15) is 14.9 Å². The highest BCUT2D eigenvalue weighted by Gasteiger charge is 2.08. The van der Waals surface area contributed by atoms with Crippen LogP contribution in [-0.2, 0) is 11.3 Å². The van der Waals surface area contributed by atoms with Crippen molar-refractivity contribution in [2.75, 3.05) is 23.7 Å². The number of rotatable bonds is 7. The Morgan fingerprint density at radius 3 is 2.90 bits per heavy atom. The summed E-state index contributed by atoms with van der Waals surface area (Å²) in [5.74, 6) is 2.35. The Labute approximate surface area is 177 Å². The molecule has 3 N–H and O–H groups in total. The Morgan fingerprint density at radius 2 is 2.23 bits per heavy atom. The number of anilines is 2.